The van der Waals surface area contributed by atoms with Gasteiger partial charge in [0, 0.05) is 6.54 Å². The second kappa shape index (κ2) is 6.80. The van der Waals surface area contributed by atoms with Gasteiger partial charge in [-0.15, -0.1) is 11.3 Å². The van der Waals surface area contributed by atoms with E-state index in [1.165, 1.54) is 12.1 Å². The van der Waals surface area contributed by atoms with Crippen molar-refractivity contribution < 1.29 is 26.3 Å². The van der Waals surface area contributed by atoms with Gasteiger partial charge in [0.25, 0.3) is 0 Å². The Morgan fingerprint density at radius 3 is 2.60 bits per heavy atom. The Bertz CT molecular complexity index is 568. The second-order valence-corrected chi connectivity index (χ2v) is 7.07. The zero-order valence-electron chi connectivity index (χ0n) is 9.94. The monoisotopic (exact) mass is 348 g/mol. The smallest absolute Gasteiger partial charge is 0.389 e. The van der Waals surface area contributed by atoms with E-state index < -0.39 is 22.8 Å². The summed E-state index contributed by atoms with van der Waals surface area (Å²) in [4.78, 5) is 0.513. The van der Waals surface area contributed by atoms with E-state index in [9.17, 15) is 21.6 Å². The lowest BCUT2D eigenvalue weighted by molar-refractivity contribution is -0.173. The molecule has 0 aromatic carbocycles. The molecule has 20 heavy (non-hydrogen) atoms. The zero-order chi connectivity index (χ0) is 15.4. The summed E-state index contributed by atoms with van der Waals surface area (Å²) in [5.41, 5.74) is 5.35. The van der Waals surface area contributed by atoms with Gasteiger partial charge in [-0.2, -0.15) is 13.2 Å². The highest BCUT2D eigenvalue weighted by molar-refractivity contribution is 7.91. The fourth-order valence-electron chi connectivity index (χ4n) is 1.10. The molecule has 0 bridgehead atoms. The molecule has 0 fully saturated rings. The minimum absolute atomic E-state index is 0.0175. The topological polar surface area (TPSA) is 81.4 Å². The number of thiophene rings is 1. The number of sulfonamides is 1. The molecule has 11 heteroatoms. The molecule has 0 spiro atoms. The maximum atomic E-state index is 11.8. The van der Waals surface area contributed by atoms with Crippen LogP contribution < -0.4 is 10.5 Å². The van der Waals surface area contributed by atoms with Crippen LogP contribution in [0, 0.1) is 0 Å². The first kappa shape index (κ1) is 17.3. The fourth-order valence-corrected chi connectivity index (χ4v) is 3.51. The molecule has 0 aliphatic rings. The van der Waals surface area contributed by atoms with E-state index in [2.05, 4.69) is 9.46 Å². The van der Waals surface area contributed by atoms with Crippen LogP contribution in [-0.2, 0) is 14.8 Å². The Labute approximate surface area is 123 Å². The summed E-state index contributed by atoms with van der Waals surface area (Å²) < 4.78 is 65.2. The first-order valence-electron chi connectivity index (χ1n) is 5.15. The number of halogens is 3. The predicted octanol–water partition coefficient (Wildman–Crippen LogP) is 1.24. The van der Waals surface area contributed by atoms with Crippen molar-refractivity contribution in [3.63, 3.8) is 0 Å². The van der Waals surface area contributed by atoms with Crippen LogP contribution in [0.25, 0.3) is 0 Å². The number of rotatable bonds is 7. The summed E-state index contributed by atoms with van der Waals surface area (Å²) in [6.45, 7) is -2.07. The van der Waals surface area contributed by atoms with Gasteiger partial charge >= 0.3 is 6.18 Å². The van der Waals surface area contributed by atoms with E-state index in [1.54, 1.807) is 0 Å². The first-order chi connectivity index (χ1) is 9.12. The van der Waals surface area contributed by atoms with Crippen LogP contribution in [0.15, 0.2) is 16.3 Å². The molecular formula is C9H11F3N2O3S3. The number of hydrogen-bond donors (Lipinski definition) is 2. The van der Waals surface area contributed by atoms with Crippen LogP contribution in [-0.4, -0.2) is 39.3 Å². The van der Waals surface area contributed by atoms with Crippen LogP contribution >= 0.6 is 23.6 Å². The van der Waals surface area contributed by atoms with Crippen molar-refractivity contribution in [2.45, 2.75) is 10.4 Å². The van der Waals surface area contributed by atoms with Crippen molar-refractivity contribution in [2.24, 2.45) is 5.73 Å². The second-order valence-electron chi connectivity index (χ2n) is 3.55. The van der Waals surface area contributed by atoms with Gasteiger partial charge in [-0.05, 0) is 12.1 Å². The lowest BCUT2D eigenvalue weighted by Gasteiger charge is -2.08. The Hall–Kier alpha value is -0.750. The normalized spacial score (nSPS) is 12.6. The summed E-state index contributed by atoms with van der Waals surface area (Å²) in [6, 6.07) is 2.78. The third kappa shape index (κ3) is 5.71. The van der Waals surface area contributed by atoms with Gasteiger partial charge in [-0.1, -0.05) is 12.2 Å². The van der Waals surface area contributed by atoms with Gasteiger partial charge in [0.15, 0.2) is 0 Å². The molecule has 114 valence electrons. The largest absolute Gasteiger partial charge is 0.411 e. The van der Waals surface area contributed by atoms with Crippen LogP contribution in [0.2, 0.25) is 0 Å². The van der Waals surface area contributed by atoms with E-state index in [1.807, 2.05) is 0 Å². The number of hydrogen-bond acceptors (Lipinski definition) is 5. The van der Waals surface area contributed by atoms with Crippen molar-refractivity contribution in [2.75, 3.05) is 19.8 Å². The summed E-state index contributed by atoms with van der Waals surface area (Å²) in [7, 11) is -3.80. The molecule has 1 rings (SSSR count). The third-order valence-corrected chi connectivity index (χ3v) is 5.31. The highest BCUT2D eigenvalue weighted by Crippen LogP contribution is 2.21. The Morgan fingerprint density at radius 1 is 1.45 bits per heavy atom. The quantitative estimate of drug-likeness (QED) is 0.572. The van der Waals surface area contributed by atoms with Crippen molar-refractivity contribution >= 4 is 38.6 Å². The van der Waals surface area contributed by atoms with Crippen LogP contribution in [0.4, 0.5) is 13.2 Å². The SMILES string of the molecule is NC(=S)c1ccc(S(=O)(=O)NCCOCC(F)(F)F)s1. The lowest BCUT2D eigenvalue weighted by atomic mass is 10.5. The molecule has 0 aliphatic carbocycles. The number of nitrogens with one attached hydrogen (secondary N) is 1. The molecule has 3 N–H and O–H groups in total. The molecule has 5 nitrogen and oxygen atoms in total. The minimum atomic E-state index is -4.43. The molecule has 0 aliphatic heterocycles. The van der Waals surface area contributed by atoms with Crippen molar-refractivity contribution in [3.05, 3.63) is 17.0 Å². The molecule has 0 unspecified atom stereocenters. The Morgan fingerprint density at radius 2 is 2.10 bits per heavy atom. The Kier molecular flexibility index (Phi) is 5.89. The summed E-state index contributed by atoms with van der Waals surface area (Å²) >= 11 is 5.58. The maximum absolute atomic E-state index is 11.8. The molecule has 0 amide bonds. The summed E-state index contributed by atoms with van der Waals surface area (Å²) in [6.07, 6.45) is -4.43. The molecule has 0 atom stereocenters. The van der Waals surface area contributed by atoms with Crippen LogP contribution in [0.5, 0.6) is 0 Å². The van der Waals surface area contributed by atoms with Crippen LogP contribution in [0.3, 0.4) is 0 Å². The van der Waals surface area contributed by atoms with Crippen molar-refractivity contribution in [3.8, 4) is 0 Å². The third-order valence-electron chi connectivity index (χ3n) is 1.89. The van der Waals surface area contributed by atoms with Gasteiger partial charge in [0.1, 0.15) is 15.8 Å². The molecule has 1 heterocycles. The standard InChI is InChI=1S/C9H11F3N2O3S3/c10-9(11,12)5-17-4-3-14-20(15,16)7-2-1-6(19-7)8(13)18/h1-2,14H,3-5H2,(H2,13,18). The molecule has 1 aromatic rings. The number of ether oxygens (including phenoxy) is 1. The number of thiocarbonyl (C=S) groups is 1. The molecule has 0 saturated carbocycles. The minimum Gasteiger partial charge on any atom is -0.389 e. The van der Waals surface area contributed by atoms with Gasteiger partial charge in [0.2, 0.25) is 10.0 Å². The number of alkyl halides is 3. The lowest BCUT2D eigenvalue weighted by Crippen LogP contribution is -2.28. The van der Waals surface area contributed by atoms with E-state index in [4.69, 9.17) is 18.0 Å². The van der Waals surface area contributed by atoms with Gasteiger partial charge in [0.05, 0.1) is 11.5 Å². The van der Waals surface area contributed by atoms with Crippen LogP contribution in [0.1, 0.15) is 4.88 Å². The number of nitrogens with two attached hydrogens (primary N) is 1. The molecule has 0 saturated heterocycles. The van der Waals surface area contributed by atoms with Crippen molar-refractivity contribution in [1.29, 1.82) is 0 Å². The van der Waals surface area contributed by atoms with E-state index in [0.29, 0.717) is 4.88 Å². The highest BCUT2D eigenvalue weighted by Gasteiger charge is 2.27. The van der Waals surface area contributed by atoms with Crippen molar-refractivity contribution in [1.82, 2.24) is 4.72 Å². The van der Waals surface area contributed by atoms with Gasteiger partial charge < -0.3 is 10.5 Å². The van der Waals surface area contributed by atoms with E-state index >= 15 is 0 Å². The fraction of sp³-hybridized carbons (Fsp3) is 0.444. The molecule has 0 radical (unpaired) electrons. The zero-order valence-corrected chi connectivity index (χ0v) is 12.4. The highest BCUT2D eigenvalue weighted by atomic mass is 32.2. The van der Waals surface area contributed by atoms with E-state index in [-0.39, 0.29) is 22.3 Å². The summed E-state index contributed by atoms with van der Waals surface area (Å²) in [5.74, 6) is 0. The Balaban J connectivity index is 2.47. The average Bonchev–Trinajstić information content (AvgIpc) is 2.76. The average molecular weight is 348 g/mol. The maximum Gasteiger partial charge on any atom is 0.411 e. The molecular weight excluding hydrogens is 337 g/mol. The summed E-state index contributed by atoms with van der Waals surface area (Å²) in [5, 5.41) is 0. The predicted molar refractivity (Wildman–Crippen MR) is 72.3 cm³/mol. The van der Waals surface area contributed by atoms with Gasteiger partial charge in [-0.25, -0.2) is 13.1 Å². The van der Waals surface area contributed by atoms with Gasteiger partial charge in [-0.3, -0.25) is 0 Å². The molecule has 1 aromatic heterocycles. The first-order valence-corrected chi connectivity index (χ1v) is 7.86. The van der Waals surface area contributed by atoms with E-state index in [0.717, 1.165) is 11.3 Å².